The summed E-state index contributed by atoms with van der Waals surface area (Å²) in [5.41, 5.74) is 2.66. The molecule has 0 atom stereocenters. The van der Waals surface area contributed by atoms with Crippen LogP contribution >= 0.6 is 47.0 Å². The van der Waals surface area contributed by atoms with Crippen LogP contribution in [0.3, 0.4) is 0 Å². The zero-order valence-corrected chi connectivity index (χ0v) is 19.2. The minimum atomic E-state index is 0.349. The molecule has 0 saturated heterocycles. The first-order valence-electron chi connectivity index (χ1n) is 9.28. The van der Waals surface area contributed by atoms with Crippen molar-refractivity contribution in [3.8, 4) is 0 Å². The molecule has 0 unspecified atom stereocenters. The number of halogens is 3. The summed E-state index contributed by atoms with van der Waals surface area (Å²) < 4.78 is 3.48. The highest BCUT2D eigenvalue weighted by molar-refractivity contribution is 7.80. The lowest BCUT2D eigenvalue weighted by Gasteiger charge is -2.07. The van der Waals surface area contributed by atoms with Crippen LogP contribution in [0.25, 0.3) is 0 Å². The number of aromatic nitrogens is 4. The number of rotatable bonds is 6. The molecule has 158 valence electrons. The highest BCUT2D eigenvalue weighted by Crippen LogP contribution is 2.22. The van der Waals surface area contributed by atoms with E-state index in [1.54, 1.807) is 21.8 Å². The average molecular weight is 492 g/mol. The van der Waals surface area contributed by atoms with Gasteiger partial charge in [0, 0.05) is 22.4 Å². The van der Waals surface area contributed by atoms with E-state index in [2.05, 4.69) is 20.8 Å². The lowest BCUT2D eigenvalue weighted by molar-refractivity contribution is 0.687. The Labute approximate surface area is 199 Å². The van der Waals surface area contributed by atoms with Crippen molar-refractivity contribution < 1.29 is 0 Å². The van der Waals surface area contributed by atoms with Gasteiger partial charge in [0.2, 0.25) is 0 Å². The van der Waals surface area contributed by atoms with Gasteiger partial charge in [-0.25, -0.2) is 0 Å². The van der Waals surface area contributed by atoms with Crippen molar-refractivity contribution in [3.05, 3.63) is 93.3 Å². The summed E-state index contributed by atoms with van der Waals surface area (Å²) in [5, 5.41) is 17.1. The van der Waals surface area contributed by atoms with Gasteiger partial charge >= 0.3 is 0 Å². The van der Waals surface area contributed by atoms with Crippen LogP contribution in [-0.4, -0.2) is 24.7 Å². The first-order valence-corrected chi connectivity index (χ1v) is 10.8. The number of thiocarbonyl (C=S) groups is 1. The summed E-state index contributed by atoms with van der Waals surface area (Å²) in [6.07, 6.45) is 5.24. The zero-order valence-electron chi connectivity index (χ0n) is 16.1. The van der Waals surface area contributed by atoms with Crippen LogP contribution in [-0.2, 0) is 13.1 Å². The van der Waals surface area contributed by atoms with E-state index in [1.807, 2.05) is 54.7 Å². The van der Waals surface area contributed by atoms with Crippen LogP contribution in [0.1, 0.15) is 11.1 Å². The number of benzene rings is 2. The molecule has 2 aromatic heterocycles. The lowest BCUT2D eigenvalue weighted by Crippen LogP contribution is -2.19. The molecule has 4 aromatic rings. The summed E-state index contributed by atoms with van der Waals surface area (Å²) >= 11 is 24.1. The number of nitrogens with one attached hydrogen (secondary N) is 2. The molecule has 2 N–H and O–H groups in total. The van der Waals surface area contributed by atoms with Crippen molar-refractivity contribution in [1.82, 2.24) is 19.6 Å². The second-order valence-electron chi connectivity index (χ2n) is 6.71. The van der Waals surface area contributed by atoms with Crippen molar-refractivity contribution >= 4 is 63.6 Å². The minimum Gasteiger partial charge on any atom is -0.330 e. The SMILES string of the molecule is S=C(Nc1cnn(Cc2ccccc2Cl)c1)Nc1nn(Cc2ccccc2Cl)cc1Cl. The van der Waals surface area contributed by atoms with Gasteiger partial charge in [-0.05, 0) is 35.5 Å². The molecule has 4 rings (SSSR count). The molecule has 0 spiro atoms. The Hall–Kier alpha value is -2.58. The zero-order chi connectivity index (χ0) is 21.8. The monoisotopic (exact) mass is 490 g/mol. The predicted octanol–water partition coefficient (Wildman–Crippen LogP) is 5.95. The molecular weight excluding hydrogens is 475 g/mol. The molecular formula is C21H17Cl3N6S. The Kier molecular flexibility index (Phi) is 6.77. The van der Waals surface area contributed by atoms with E-state index in [4.69, 9.17) is 47.0 Å². The van der Waals surface area contributed by atoms with Crippen molar-refractivity contribution in [2.24, 2.45) is 0 Å². The van der Waals surface area contributed by atoms with Gasteiger partial charge in [0.15, 0.2) is 10.9 Å². The molecule has 0 amide bonds. The van der Waals surface area contributed by atoms with Gasteiger partial charge in [0.05, 0.1) is 25.0 Å². The first-order chi connectivity index (χ1) is 15.0. The van der Waals surface area contributed by atoms with Crippen LogP contribution < -0.4 is 10.6 Å². The maximum Gasteiger partial charge on any atom is 0.176 e. The topological polar surface area (TPSA) is 59.7 Å². The molecule has 0 aliphatic carbocycles. The van der Waals surface area contributed by atoms with Crippen LogP contribution in [0, 0.1) is 0 Å². The van der Waals surface area contributed by atoms with E-state index >= 15 is 0 Å². The Morgan fingerprint density at radius 2 is 1.42 bits per heavy atom. The van der Waals surface area contributed by atoms with E-state index in [1.165, 1.54) is 0 Å². The predicted molar refractivity (Wildman–Crippen MR) is 130 cm³/mol. The van der Waals surface area contributed by atoms with Gasteiger partial charge in [-0.2, -0.15) is 10.2 Å². The molecule has 6 nitrogen and oxygen atoms in total. The van der Waals surface area contributed by atoms with Gasteiger partial charge < -0.3 is 10.6 Å². The largest absolute Gasteiger partial charge is 0.330 e. The molecule has 0 fully saturated rings. The van der Waals surface area contributed by atoms with Crippen LogP contribution in [0.2, 0.25) is 15.1 Å². The van der Waals surface area contributed by atoms with Crippen molar-refractivity contribution in [3.63, 3.8) is 0 Å². The Balaban J connectivity index is 1.37. The third-order valence-electron chi connectivity index (χ3n) is 4.42. The Morgan fingerprint density at radius 3 is 2.06 bits per heavy atom. The fourth-order valence-electron chi connectivity index (χ4n) is 2.95. The summed E-state index contributed by atoms with van der Waals surface area (Å²) in [6.45, 7) is 1.05. The quantitative estimate of drug-likeness (QED) is 0.327. The van der Waals surface area contributed by atoms with Gasteiger partial charge in [0.25, 0.3) is 0 Å². The minimum absolute atomic E-state index is 0.349. The Morgan fingerprint density at radius 1 is 0.806 bits per heavy atom. The lowest BCUT2D eigenvalue weighted by atomic mass is 10.2. The normalized spacial score (nSPS) is 10.8. The molecule has 0 aliphatic heterocycles. The number of hydrogen-bond donors (Lipinski definition) is 2. The molecule has 0 bridgehead atoms. The first kappa shape index (κ1) is 21.6. The molecule has 0 saturated carbocycles. The fraction of sp³-hybridized carbons (Fsp3) is 0.0952. The van der Waals surface area contributed by atoms with E-state index in [9.17, 15) is 0 Å². The summed E-state index contributed by atoms with van der Waals surface area (Å²) in [5.74, 6) is 0.453. The van der Waals surface area contributed by atoms with Gasteiger partial charge in [-0.15, -0.1) is 0 Å². The van der Waals surface area contributed by atoms with Crippen molar-refractivity contribution in [2.45, 2.75) is 13.1 Å². The second kappa shape index (κ2) is 9.70. The van der Waals surface area contributed by atoms with Crippen LogP contribution in [0.15, 0.2) is 67.1 Å². The average Bonchev–Trinajstić information content (AvgIpc) is 3.31. The summed E-state index contributed by atoms with van der Waals surface area (Å²) in [7, 11) is 0. The molecule has 2 heterocycles. The Bertz CT molecular complexity index is 1220. The molecule has 0 radical (unpaired) electrons. The smallest absolute Gasteiger partial charge is 0.176 e. The van der Waals surface area contributed by atoms with Crippen molar-refractivity contribution in [2.75, 3.05) is 10.6 Å². The number of hydrogen-bond acceptors (Lipinski definition) is 3. The van der Waals surface area contributed by atoms with Gasteiger partial charge in [-0.3, -0.25) is 9.36 Å². The standard InChI is InChI=1S/C21H17Cl3N6S/c22-17-7-3-1-5-14(17)10-29-12-16(9-25-29)26-21(31)27-20-19(24)13-30(28-20)11-15-6-2-4-8-18(15)23/h1-9,12-13H,10-11H2,(H2,26,27,28,31). The second-order valence-corrected chi connectivity index (χ2v) is 8.34. The highest BCUT2D eigenvalue weighted by atomic mass is 35.5. The van der Waals surface area contributed by atoms with E-state index < -0.39 is 0 Å². The fourth-order valence-corrected chi connectivity index (χ4v) is 3.75. The maximum absolute atomic E-state index is 6.31. The van der Waals surface area contributed by atoms with Crippen LogP contribution in [0.5, 0.6) is 0 Å². The van der Waals surface area contributed by atoms with Gasteiger partial charge in [-0.1, -0.05) is 71.2 Å². The number of nitrogens with zero attached hydrogens (tertiary/aromatic N) is 4. The van der Waals surface area contributed by atoms with Crippen molar-refractivity contribution in [1.29, 1.82) is 0 Å². The third kappa shape index (κ3) is 5.57. The van der Waals surface area contributed by atoms with E-state index in [0.29, 0.717) is 39.1 Å². The maximum atomic E-state index is 6.31. The molecule has 10 heteroatoms. The third-order valence-corrected chi connectivity index (χ3v) is 5.64. The molecule has 2 aromatic carbocycles. The number of anilines is 2. The molecule has 0 aliphatic rings. The molecule has 31 heavy (non-hydrogen) atoms. The van der Waals surface area contributed by atoms with Gasteiger partial charge in [0.1, 0.15) is 5.02 Å². The van der Waals surface area contributed by atoms with E-state index in [0.717, 1.165) is 16.8 Å². The van der Waals surface area contributed by atoms with Crippen LogP contribution in [0.4, 0.5) is 11.5 Å². The van der Waals surface area contributed by atoms with E-state index in [-0.39, 0.29) is 0 Å². The summed E-state index contributed by atoms with van der Waals surface area (Å²) in [4.78, 5) is 0. The summed E-state index contributed by atoms with van der Waals surface area (Å²) in [6, 6.07) is 15.2. The highest BCUT2D eigenvalue weighted by Gasteiger charge is 2.11.